The van der Waals surface area contributed by atoms with Crippen molar-refractivity contribution < 1.29 is 0 Å². The summed E-state index contributed by atoms with van der Waals surface area (Å²) in [5.41, 5.74) is 1.24. The van der Waals surface area contributed by atoms with Crippen molar-refractivity contribution in [1.29, 1.82) is 0 Å². The molecule has 3 heterocycles. The van der Waals surface area contributed by atoms with Gasteiger partial charge in [-0.15, -0.1) is 28.0 Å². The number of hydrogen-bond donors (Lipinski definition) is 0. The molecule has 7 nitrogen and oxygen atoms in total. The molecule has 21 heavy (non-hydrogen) atoms. The number of aryl methyl sites for hydroxylation is 3. The molecule has 0 aromatic carbocycles. The second-order valence-electron chi connectivity index (χ2n) is 4.59. The lowest BCUT2D eigenvalue weighted by Gasteiger charge is -2.02. The van der Waals surface area contributed by atoms with E-state index in [1.54, 1.807) is 18.4 Å². The normalized spacial score (nSPS) is 11.3. The zero-order valence-electron chi connectivity index (χ0n) is 11.4. The smallest absolute Gasteiger partial charge is 0.267 e. The van der Waals surface area contributed by atoms with Crippen molar-refractivity contribution in [3.05, 3.63) is 32.6 Å². The van der Waals surface area contributed by atoms with Crippen LogP contribution in [0, 0.1) is 0 Å². The predicted molar refractivity (Wildman–Crippen MR) is 80.6 cm³/mol. The summed E-state index contributed by atoms with van der Waals surface area (Å²) < 4.78 is 2.91. The molecule has 3 rings (SSSR count). The minimum Gasteiger partial charge on any atom is -0.267 e. The molecule has 0 spiro atoms. The first-order chi connectivity index (χ1) is 10.2. The van der Waals surface area contributed by atoms with Crippen molar-refractivity contribution in [2.45, 2.75) is 25.3 Å². The van der Waals surface area contributed by atoms with Crippen molar-refractivity contribution in [3.63, 3.8) is 0 Å². The maximum atomic E-state index is 12.2. The van der Waals surface area contributed by atoms with Crippen LogP contribution in [0.1, 0.15) is 17.1 Å². The van der Waals surface area contributed by atoms with E-state index < -0.39 is 0 Å². The Kier molecular flexibility index (Phi) is 3.98. The Balaban J connectivity index is 1.70. The average Bonchev–Trinajstić information content (AvgIpc) is 3.09. The first kappa shape index (κ1) is 14.2. The minimum atomic E-state index is -0.159. The van der Waals surface area contributed by atoms with Gasteiger partial charge in [0.1, 0.15) is 5.39 Å². The molecule has 3 aromatic rings. The van der Waals surface area contributed by atoms with E-state index in [0.29, 0.717) is 23.5 Å². The van der Waals surface area contributed by atoms with E-state index >= 15 is 0 Å². The first-order valence-electron chi connectivity index (χ1n) is 6.44. The number of halogens is 1. The third kappa shape index (κ3) is 2.81. The summed E-state index contributed by atoms with van der Waals surface area (Å²) in [5, 5.41) is 15.5. The number of alkyl halides is 1. The predicted octanol–water partition coefficient (Wildman–Crippen LogP) is 1.35. The highest BCUT2D eigenvalue weighted by molar-refractivity contribution is 7.09. The summed E-state index contributed by atoms with van der Waals surface area (Å²) in [6, 6.07) is 0. The fourth-order valence-corrected chi connectivity index (χ4v) is 3.10. The zero-order chi connectivity index (χ0) is 14.8. The van der Waals surface area contributed by atoms with Crippen LogP contribution in [-0.4, -0.2) is 29.8 Å². The number of nitrogens with zero attached hydrogens (tertiary/aromatic N) is 6. The van der Waals surface area contributed by atoms with Crippen molar-refractivity contribution in [2.75, 3.05) is 0 Å². The Morgan fingerprint density at radius 1 is 1.43 bits per heavy atom. The molecule has 0 aliphatic rings. The van der Waals surface area contributed by atoms with E-state index in [4.69, 9.17) is 11.6 Å². The molecule has 0 atom stereocenters. The molecule has 0 aliphatic heterocycles. The van der Waals surface area contributed by atoms with Gasteiger partial charge in [0.25, 0.3) is 5.56 Å². The zero-order valence-corrected chi connectivity index (χ0v) is 12.9. The fraction of sp³-hybridized carbons (Fsp3) is 0.417. The Hall–Kier alpha value is -1.80. The molecule has 0 unspecified atom stereocenters. The molecule has 0 radical (unpaired) electrons. The Bertz CT molecular complexity index is 823. The van der Waals surface area contributed by atoms with Crippen LogP contribution in [0.25, 0.3) is 11.0 Å². The standard InChI is InChI=1S/C12H13ClN6OS/c1-18-11-9(6-14-18)12(20)19(17-16-11)4-2-3-10-15-8(5-13)7-21-10/h6-7H,2-5H2,1H3. The molecule has 0 saturated carbocycles. The van der Waals surface area contributed by atoms with Crippen molar-refractivity contribution in [2.24, 2.45) is 7.05 Å². The van der Waals surface area contributed by atoms with Gasteiger partial charge in [0.05, 0.1) is 22.8 Å². The molecule has 0 saturated heterocycles. The lowest BCUT2D eigenvalue weighted by molar-refractivity contribution is 0.522. The summed E-state index contributed by atoms with van der Waals surface area (Å²) in [4.78, 5) is 16.6. The highest BCUT2D eigenvalue weighted by Crippen LogP contribution is 2.13. The average molecular weight is 325 g/mol. The van der Waals surface area contributed by atoms with Gasteiger partial charge in [-0.3, -0.25) is 4.79 Å². The topological polar surface area (TPSA) is 78.5 Å². The van der Waals surface area contributed by atoms with Gasteiger partial charge in [-0.1, -0.05) is 5.21 Å². The van der Waals surface area contributed by atoms with Crippen molar-refractivity contribution >= 4 is 34.0 Å². The quantitative estimate of drug-likeness (QED) is 0.662. The maximum absolute atomic E-state index is 12.2. The molecule has 9 heteroatoms. The molecular formula is C12H13ClN6OS. The molecule has 0 amide bonds. The fourth-order valence-electron chi connectivity index (χ4n) is 2.03. The summed E-state index contributed by atoms with van der Waals surface area (Å²) >= 11 is 7.31. The largest absolute Gasteiger partial charge is 0.280 e. The molecule has 0 bridgehead atoms. The van der Waals surface area contributed by atoms with Crippen LogP contribution in [0.4, 0.5) is 0 Å². The van der Waals surface area contributed by atoms with E-state index in [1.807, 2.05) is 5.38 Å². The summed E-state index contributed by atoms with van der Waals surface area (Å²) in [6.45, 7) is 0.506. The molecule has 0 aliphatic carbocycles. The number of rotatable bonds is 5. The Labute approximate surface area is 129 Å². The van der Waals surface area contributed by atoms with E-state index in [9.17, 15) is 4.79 Å². The summed E-state index contributed by atoms with van der Waals surface area (Å²) in [5.74, 6) is 0.430. The maximum Gasteiger partial charge on any atom is 0.280 e. The van der Waals surface area contributed by atoms with Crippen LogP contribution < -0.4 is 5.56 Å². The molecule has 0 fully saturated rings. The van der Waals surface area contributed by atoms with Gasteiger partial charge in [0.2, 0.25) is 0 Å². The van der Waals surface area contributed by atoms with Gasteiger partial charge in [0, 0.05) is 25.4 Å². The van der Waals surface area contributed by atoms with Crippen molar-refractivity contribution in [3.8, 4) is 0 Å². The van der Waals surface area contributed by atoms with E-state index in [2.05, 4.69) is 20.4 Å². The third-order valence-electron chi connectivity index (χ3n) is 3.12. The first-order valence-corrected chi connectivity index (χ1v) is 7.85. The molecular weight excluding hydrogens is 312 g/mol. The molecule has 110 valence electrons. The van der Waals surface area contributed by atoms with Gasteiger partial charge in [-0.25, -0.2) is 14.3 Å². The Morgan fingerprint density at radius 2 is 2.29 bits per heavy atom. The summed E-state index contributed by atoms with van der Waals surface area (Å²) in [6.07, 6.45) is 3.09. The van der Waals surface area contributed by atoms with Gasteiger partial charge < -0.3 is 0 Å². The monoisotopic (exact) mass is 324 g/mol. The SMILES string of the molecule is Cn1ncc2c(=O)n(CCCc3nc(CCl)cs3)nnc21. The van der Waals surface area contributed by atoms with E-state index in [-0.39, 0.29) is 5.56 Å². The van der Waals surface area contributed by atoms with Crippen LogP contribution in [0.3, 0.4) is 0 Å². The lowest BCUT2D eigenvalue weighted by atomic mass is 10.3. The Morgan fingerprint density at radius 3 is 3.05 bits per heavy atom. The van der Waals surface area contributed by atoms with Gasteiger partial charge in [0.15, 0.2) is 5.65 Å². The van der Waals surface area contributed by atoms with Gasteiger partial charge >= 0.3 is 0 Å². The van der Waals surface area contributed by atoms with Crippen molar-refractivity contribution in [1.82, 2.24) is 29.8 Å². The third-order valence-corrected chi connectivity index (χ3v) is 4.35. The van der Waals surface area contributed by atoms with Gasteiger partial charge in [-0.05, 0) is 6.42 Å². The second-order valence-corrected chi connectivity index (χ2v) is 5.80. The highest BCUT2D eigenvalue weighted by Gasteiger charge is 2.09. The van der Waals surface area contributed by atoms with Crippen LogP contribution in [-0.2, 0) is 25.9 Å². The minimum absolute atomic E-state index is 0.159. The number of fused-ring (bicyclic) bond motifs is 1. The second kappa shape index (κ2) is 5.90. The number of thiazole rings is 1. The van der Waals surface area contributed by atoms with Crippen LogP contribution >= 0.6 is 22.9 Å². The number of aromatic nitrogens is 6. The highest BCUT2D eigenvalue weighted by atomic mass is 35.5. The van der Waals surface area contributed by atoms with Crippen LogP contribution in [0.2, 0.25) is 0 Å². The van der Waals surface area contributed by atoms with E-state index in [0.717, 1.165) is 23.5 Å². The summed E-state index contributed by atoms with van der Waals surface area (Å²) in [7, 11) is 1.73. The van der Waals surface area contributed by atoms with Gasteiger partial charge in [-0.2, -0.15) is 5.10 Å². The molecule has 0 N–H and O–H groups in total. The van der Waals surface area contributed by atoms with Crippen LogP contribution in [0.5, 0.6) is 0 Å². The lowest BCUT2D eigenvalue weighted by Crippen LogP contribution is -2.24. The molecule has 3 aromatic heterocycles. The number of hydrogen-bond acceptors (Lipinski definition) is 6. The van der Waals surface area contributed by atoms with E-state index in [1.165, 1.54) is 15.6 Å². The van der Waals surface area contributed by atoms with Crippen LogP contribution in [0.15, 0.2) is 16.4 Å².